The lowest BCUT2D eigenvalue weighted by Gasteiger charge is -2.07. The predicted octanol–water partition coefficient (Wildman–Crippen LogP) is 2.47. The molecule has 5 heteroatoms. The smallest absolute Gasteiger partial charge is 0.404 e. The Bertz CT molecular complexity index is 541. The molecule has 0 spiro atoms. The molecule has 0 aliphatic heterocycles. The highest BCUT2D eigenvalue weighted by molar-refractivity contribution is 5.64. The van der Waals surface area contributed by atoms with Crippen LogP contribution < -0.4 is 10.1 Å². The summed E-state index contributed by atoms with van der Waals surface area (Å²) in [5.74, 6) is 0.789. The van der Waals surface area contributed by atoms with Gasteiger partial charge in [0.1, 0.15) is 12.4 Å². The van der Waals surface area contributed by atoms with Crippen LogP contribution in [-0.4, -0.2) is 22.7 Å². The highest BCUT2D eigenvalue weighted by atomic mass is 16.5. The lowest BCUT2D eigenvalue weighted by molar-refractivity contribution is 0.194. The van der Waals surface area contributed by atoms with E-state index in [1.807, 2.05) is 36.4 Å². The number of nitrogens with zero attached hydrogens (tertiary/aromatic N) is 1. The molecule has 0 bridgehead atoms. The van der Waals surface area contributed by atoms with Crippen molar-refractivity contribution < 1.29 is 14.6 Å². The molecule has 20 heavy (non-hydrogen) atoms. The van der Waals surface area contributed by atoms with Crippen LogP contribution in [0.15, 0.2) is 48.8 Å². The molecule has 0 aliphatic rings. The molecule has 1 heterocycles. The fourth-order valence-electron chi connectivity index (χ4n) is 1.71. The highest BCUT2D eigenvalue weighted by Gasteiger charge is 1.98. The lowest BCUT2D eigenvalue weighted by atomic mass is 10.1. The van der Waals surface area contributed by atoms with Crippen molar-refractivity contribution in [3.05, 3.63) is 59.9 Å². The van der Waals surface area contributed by atoms with Gasteiger partial charge in [-0.15, -0.1) is 0 Å². The fraction of sp³-hybridized carbons (Fsp3) is 0.200. The third-order valence-corrected chi connectivity index (χ3v) is 2.77. The van der Waals surface area contributed by atoms with Crippen LogP contribution in [0.3, 0.4) is 0 Å². The van der Waals surface area contributed by atoms with E-state index in [9.17, 15) is 4.79 Å². The second-order valence-corrected chi connectivity index (χ2v) is 4.27. The Labute approximate surface area is 117 Å². The second-order valence-electron chi connectivity index (χ2n) is 4.27. The summed E-state index contributed by atoms with van der Waals surface area (Å²) in [4.78, 5) is 14.3. The standard InChI is InChI=1S/C15H16N2O3/c18-15(19)17-10-7-12-1-3-14(4-2-12)20-11-13-5-8-16-9-6-13/h1-6,8-9,17H,7,10-11H2,(H,18,19). The van der Waals surface area contributed by atoms with Crippen LogP contribution >= 0.6 is 0 Å². The van der Waals surface area contributed by atoms with Gasteiger partial charge in [0.05, 0.1) is 0 Å². The average molecular weight is 272 g/mol. The maximum absolute atomic E-state index is 10.3. The van der Waals surface area contributed by atoms with Crippen molar-refractivity contribution in [2.24, 2.45) is 0 Å². The summed E-state index contributed by atoms with van der Waals surface area (Å²) in [5, 5.41) is 10.8. The maximum atomic E-state index is 10.3. The van der Waals surface area contributed by atoms with Crippen molar-refractivity contribution in [2.45, 2.75) is 13.0 Å². The predicted molar refractivity (Wildman–Crippen MR) is 74.7 cm³/mol. The molecule has 0 aliphatic carbocycles. The van der Waals surface area contributed by atoms with Crippen LogP contribution in [0.5, 0.6) is 5.75 Å². The normalized spacial score (nSPS) is 10.0. The minimum absolute atomic E-state index is 0.409. The van der Waals surface area contributed by atoms with Crippen LogP contribution in [0.1, 0.15) is 11.1 Å². The lowest BCUT2D eigenvalue weighted by Crippen LogP contribution is -2.23. The van der Waals surface area contributed by atoms with E-state index in [-0.39, 0.29) is 0 Å². The first-order valence-electron chi connectivity index (χ1n) is 6.31. The molecule has 2 N–H and O–H groups in total. The zero-order chi connectivity index (χ0) is 14.2. The number of pyridine rings is 1. The van der Waals surface area contributed by atoms with Gasteiger partial charge in [-0.2, -0.15) is 0 Å². The number of amides is 1. The minimum atomic E-state index is -0.998. The summed E-state index contributed by atoms with van der Waals surface area (Å²) >= 11 is 0. The molecule has 0 saturated carbocycles. The summed E-state index contributed by atoms with van der Waals surface area (Å²) in [6.45, 7) is 0.912. The Hall–Kier alpha value is -2.56. The molecule has 1 amide bonds. The molecule has 2 aromatic rings. The highest BCUT2D eigenvalue weighted by Crippen LogP contribution is 2.14. The fourth-order valence-corrected chi connectivity index (χ4v) is 1.71. The van der Waals surface area contributed by atoms with Crippen LogP contribution in [-0.2, 0) is 13.0 Å². The van der Waals surface area contributed by atoms with E-state index < -0.39 is 6.09 Å². The Morgan fingerprint density at radius 1 is 1.10 bits per heavy atom. The SMILES string of the molecule is O=C(O)NCCc1ccc(OCc2ccncc2)cc1. The van der Waals surface area contributed by atoms with Gasteiger partial charge >= 0.3 is 6.09 Å². The van der Waals surface area contributed by atoms with E-state index in [4.69, 9.17) is 9.84 Å². The van der Waals surface area contributed by atoms with E-state index in [0.29, 0.717) is 19.6 Å². The van der Waals surface area contributed by atoms with E-state index in [2.05, 4.69) is 10.3 Å². The molecular formula is C15H16N2O3. The molecule has 0 unspecified atom stereocenters. The molecule has 1 aromatic heterocycles. The van der Waals surface area contributed by atoms with Gasteiger partial charge in [0, 0.05) is 18.9 Å². The minimum Gasteiger partial charge on any atom is -0.489 e. The molecule has 2 rings (SSSR count). The van der Waals surface area contributed by atoms with Gasteiger partial charge in [0.2, 0.25) is 0 Å². The van der Waals surface area contributed by atoms with E-state index in [0.717, 1.165) is 16.9 Å². The largest absolute Gasteiger partial charge is 0.489 e. The van der Waals surface area contributed by atoms with Crippen LogP contribution in [0, 0.1) is 0 Å². The Balaban J connectivity index is 1.81. The van der Waals surface area contributed by atoms with Crippen molar-refractivity contribution in [3.63, 3.8) is 0 Å². The number of hydrogen-bond donors (Lipinski definition) is 2. The van der Waals surface area contributed by atoms with Gasteiger partial charge in [-0.05, 0) is 41.8 Å². The molecule has 104 valence electrons. The number of benzene rings is 1. The number of nitrogens with one attached hydrogen (secondary N) is 1. The third kappa shape index (κ3) is 4.61. The number of aromatic nitrogens is 1. The van der Waals surface area contributed by atoms with Crippen molar-refractivity contribution in [1.82, 2.24) is 10.3 Å². The number of ether oxygens (including phenoxy) is 1. The molecule has 5 nitrogen and oxygen atoms in total. The zero-order valence-corrected chi connectivity index (χ0v) is 11.0. The number of hydrogen-bond acceptors (Lipinski definition) is 3. The average Bonchev–Trinajstić information content (AvgIpc) is 2.47. The Morgan fingerprint density at radius 3 is 2.45 bits per heavy atom. The summed E-state index contributed by atoms with van der Waals surface area (Å²) in [6.07, 6.45) is 3.13. The van der Waals surface area contributed by atoms with Gasteiger partial charge in [-0.3, -0.25) is 4.98 Å². The topological polar surface area (TPSA) is 71.5 Å². The molecular weight excluding hydrogens is 256 g/mol. The summed E-state index contributed by atoms with van der Waals surface area (Å²) in [6, 6.07) is 11.5. The van der Waals surface area contributed by atoms with E-state index in [1.54, 1.807) is 12.4 Å². The van der Waals surface area contributed by atoms with Crippen LogP contribution in [0.4, 0.5) is 4.79 Å². The zero-order valence-electron chi connectivity index (χ0n) is 11.0. The molecule has 1 aromatic carbocycles. The van der Waals surface area contributed by atoms with E-state index in [1.165, 1.54) is 0 Å². The quantitative estimate of drug-likeness (QED) is 0.847. The molecule has 0 fully saturated rings. The van der Waals surface area contributed by atoms with E-state index >= 15 is 0 Å². The summed E-state index contributed by atoms with van der Waals surface area (Å²) < 4.78 is 5.65. The van der Waals surface area contributed by atoms with Crippen molar-refractivity contribution >= 4 is 6.09 Å². The Kier molecular flexibility index (Phi) is 4.94. The van der Waals surface area contributed by atoms with Gasteiger partial charge in [-0.1, -0.05) is 12.1 Å². The van der Waals surface area contributed by atoms with Crippen LogP contribution in [0.2, 0.25) is 0 Å². The van der Waals surface area contributed by atoms with Crippen molar-refractivity contribution in [2.75, 3.05) is 6.54 Å². The van der Waals surface area contributed by atoms with Crippen molar-refractivity contribution in [3.8, 4) is 5.75 Å². The van der Waals surface area contributed by atoms with Crippen LogP contribution in [0.25, 0.3) is 0 Å². The summed E-state index contributed by atoms with van der Waals surface area (Å²) in [5.41, 5.74) is 2.13. The number of rotatable bonds is 6. The molecule has 0 saturated heterocycles. The summed E-state index contributed by atoms with van der Waals surface area (Å²) in [7, 11) is 0. The van der Waals surface area contributed by atoms with Gasteiger partial charge < -0.3 is 15.2 Å². The first-order valence-corrected chi connectivity index (χ1v) is 6.31. The van der Waals surface area contributed by atoms with Gasteiger partial charge in [0.25, 0.3) is 0 Å². The monoisotopic (exact) mass is 272 g/mol. The van der Waals surface area contributed by atoms with Gasteiger partial charge in [0.15, 0.2) is 0 Å². The molecule has 0 radical (unpaired) electrons. The molecule has 0 atom stereocenters. The third-order valence-electron chi connectivity index (χ3n) is 2.77. The number of carbonyl (C=O) groups is 1. The number of carboxylic acid groups (broad SMARTS) is 1. The first-order chi connectivity index (χ1) is 9.74. The van der Waals surface area contributed by atoms with Crippen molar-refractivity contribution in [1.29, 1.82) is 0 Å². The Morgan fingerprint density at radius 2 is 1.80 bits per heavy atom. The second kappa shape index (κ2) is 7.13. The maximum Gasteiger partial charge on any atom is 0.404 e. The first kappa shape index (κ1) is 13.9. The van der Waals surface area contributed by atoms with Gasteiger partial charge in [-0.25, -0.2) is 4.79 Å².